The van der Waals surface area contributed by atoms with Crippen LogP contribution in [0.3, 0.4) is 0 Å². The number of carboxylic acid groups (broad SMARTS) is 1. The average molecular weight is 258 g/mol. The van der Waals surface area contributed by atoms with Gasteiger partial charge in [-0.3, -0.25) is 0 Å². The van der Waals surface area contributed by atoms with E-state index >= 15 is 0 Å². The first-order chi connectivity index (χ1) is 8.26. The molecule has 1 saturated heterocycles. The fourth-order valence-electron chi connectivity index (χ4n) is 1.75. The molecule has 0 saturated carbocycles. The number of aliphatic carboxylic acids is 1. The molecule has 18 heavy (non-hydrogen) atoms. The number of amides is 2. The normalized spacial score (nSPS) is 21.4. The lowest BCUT2D eigenvalue weighted by Crippen LogP contribution is -2.56. The molecule has 1 heterocycles. The Hall–Kier alpha value is -1.30. The van der Waals surface area contributed by atoms with E-state index in [4.69, 9.17) is 9.84 Å². The molecule has 2 N–H and O–H groups in total. The van der Waals surface area contributed by atoms with E-state index in [1.807, 2.05) is 6.92 Å². The van der Waals surface area contributed by atoms with Crippen LogP contribution in [0, 0.1) is 5.92 Å². The summed E-state index contributed by atoms with van der Waals surface area (Å²) < 4.78 is 5.27. The maximum Gasteiger partial charge on any atom is 0.329 e. The van der Waals surface area contributed by atoms with Crippen LogP contribution in [-0.4, -0.2) is 53.8 Å². The molecule has 104 valence electrons. The molecule has 1 aliphatic heterocycles. The average Bonchev–Trinajstić information content (AvgIpc) is 2.80. The third-order valence-electron chi connectivity index (χ3n) is 3.69. The summed E-state index contributed by atoms with van der Waals surface area (Å²) in [5.41, 5.74) is -1.23. The highest BCUT2D eigenvalue weighted by Crippen LogP contribution is 2.18. The molecule has 1 fully saturated rings. The molecule has 1 aliphatic rings. The van der Waals surface area contributed by atoms with Gasteiger partial charge in [0, 0.05) is 25.6 Å². The molecule has 0 spiro atoms. The zero-order valence-electron chi connectivity index (χ0n) is 11.4. The summed E-state index contributed by atoms with van der Waals surface area (Å²) in [6, 6.07) is -0.395. The number of urea groups is 1. The molecule has 6 nitrogen and oxygen atoms in total. The maximum atomic E-state index is 12.0. The summed E-state index contributed by atoms with van der Waals surface area (Å²) in [6.45, 7) is 6.28. The number of carboxylic acids is 1. The van der Waals surface area contributed by atoms with E-state index in [9.17, 15) is 9.59 Å². The third-order valence-corrected chi connectivity index (χ3v) is 3.69. The largest absolute Gasteiger partial charge is 0.480 e. The van der Waals surface area contributed by atoms with Crippen molar-refractivity contribution in [2.24, 2.45) is 5.92 Å². The number of ether oxygens (including phenoxy) is 1. The topological polar surface area (TPSA) is 78.9 Å². The summed E-state index contributed by atoms with van der Waals surface area (Å²) in [5, 5.41) is 11.9. The lowest BCUT2D eigenvalue weighted by Gasteiger charge is -2.33. The van der Waals surface area contributed by atoms with Crippen LogP contribution in [-0.2, 0) is 9.53 Å². The molecule has 0 aliphatic carbocycles. The van der Waals surface area contributed by atoms with E-state index in [0.29, 0.717) is 12.5 Å². The van der Waals surface area contributed by atoms with Crippen molar-refractivity contribution < 1.29 is 19.4 Å². The fourth-order valence-corrected chi connectivity index (χ4v) is 1.75. The number of nitrogens with zero attached hydrogens (tertiary/aromatic N) is 1. The van der Waals surface area contributed by atoms with Crippen molar-refractivity contribution in [3.05, 3.63) is 0 Å². The van der Waals surface area contributed by atoms with Gasteiger partial charge < -0.3 is 20.1 Å². The second-order valence-electron chi connectivity index (χ2n) is 5.29. The van der Waals surface area contributed by atoms with E-state index in [1.165, 1.54) is 25.8 Å². The Morgan fingerprint density at radius 3 is 2.56 bits per heavy atom. The van der Waals surface area contributed by atoms with Gasteiger partial charge in [-0.25, -0.2) is 9.59 Å². The van der Waals surface area contributed by atoms with Gasteiger partial charge in [0.2, 0.25) is 0 Å². The zero-order chi connectivity index (χ0) is 13.9. The third kappa shape index (κ3) is 3.13. The monoisotopic (exact) mass is 258 g/mol. The second kappa shape index (κ2) is 5.56. The van der Waals surface area contributed by atoms with Crippen LogP contribution in [0.5, 0.6) is 0 Å². The first-order valence-corrected chi connectivity index (χ1v) is 6.12. The molecule has 0 aromatic rings. The van der Waals surface area contributed by atoms with Gasteiger partial charge in [-0.15, -0.1) is 0 Å². The van der Waals surface area contributed by atoms with Crippen LogP contribution in [0.15, 0.2) is 0 Å². The minimum atomic E-state index is -1.23. The SMILES string of the molecule is CC(NC(=O)N(C)C(C)(C)C(=O)O)C1CCOC1. The van der Waals surface area contributed by atoms with Crippen molar-refractivity contribution in [3.8, 4) is 0 Å². The van der Waals surface area contributed by atoms with Crippen molar-refractivity contribution in [1.29, 1.82) is 0 Å². The number of rotatable bonds is 4. The number of likely N-dealkylation sites (N-methyl/N-ethyl adjacent to an activating group) is 1. The minimum Gasteiger partial charge on any atom is -0.480 e. The molecule has 0 bridgehead atoms. The predicted octanol–water partition coefficient (Wildman–Crippen LogP) is 0.916. The lowest BCUT2D eigenvalue weighted by atomic mass is 10.0. The molecule has 1 rings (SSSR count). The Morgan fingerprint density at radius 2 is 2.11 bits per heavy atom. The van der Waals surface area contributed by atoms with Crippen molar-refractivity contribution in [1.82, 2.24) is 10.2 Å². The van der Waals surface area contributed by atoms with E-state index in [-0.39, 0.29) is 12.1 Å². The molecule has 2 unspecified atom stereocenters. The highest BCUT2D eigenvalue weighted by atomic mass is 16.5. The summed E-state index contributed by atoms with van der Waals surface area (Å²) in [6.07, 6.45) is 0.924. The van der Waals surface area contributed by atoms with Gasteiger partial charge in [0.25, 0.3) is 0 Å². The summed E-state index contributed by atoms with van der Waals surface area (Å²) in [5.74, 6) is -0.729. The van der Waals surface area contributed by atoms with Gasteiger partial charge in [-0.05, 0) is 27.2 Å². The van der Waals surface area contributed by atoms with Crippen LogP contribution < -0.4 is 5.32 Å². The molecule has 2 atom stereocenters. The van der Waals surface area contributed by atoms with Gasteiger partial charge in [-0.1, -0.05) is 0 Å². The van der Waals surface area contributed by atoms with Gasteiger partial charge in [0.15, 0.2) is 0 Å². The van der Waals surface area contributed by atoms with E-state index in [1.54, 1.807) is 0 Å². The first-order valence-electron chi connectivity index (χ1n) is 6.12. The zero-order valence-corrected chi connectivity index (χ0v) is 11.4. The van der Waals surface area contributed by atoms with Crippen LogP contribution in [0.2, 0.25) is 0 Å². The standard InChI is InChI=1S/C12H22N2O4/c1-8(9-5-6-18-7-9)13-11(17)14(4)12(2,3)10(15)16/h8-9H,5-7H2,1-4H3,(H,13,17)(H,15,16). The number of nitrogens with one attached hydrogen (secondary N) is 1. The number of hydrogen-bond donors (Lipinski definition) is 2. The van der Waals surface area contributed by atoms with Crippen molar-refractivity contribution in [2.45, 2.75) is 38.8 Å². The maximum absolute atomic E-state index is 12.0. The second-order valence-corrected chi connectivity index (χ2v) is 5.29. The number of hydrogen-bond acceptors (Lipinski definition) is 3. The predicted molar refractivity (Wildman–Crippen MR) is 66.4 cm³/mol. The quantitative estimate of drug-likeness (QED) is 0.785. The Kier molecular flexibility index (Phi) is 4.56. The molecular weight excluding hydrogens is 236 g/mol. The Morgan fingerprint density at radius 1 is 1.50 bits per heavy atom. The van der Waals surface area contributed by atoms with Crippen LogP contribution in [0.25, 0.3) is 0 Å². The molecular formula is C12H22N2O4. The van der Waals surface area contributed by atoms with Gasteiger partial charge >= 0.3 is 12.0 Å². The van der Waals surface area contributed by atoms with Crippen molar-refractivity contribution in [3.63, 3.8) is 0 Å². The Balaban J connectivity index is 2.56. The van der Waals surface area contributed by atoms with Gasteiger partial charge in [-0.2, -0.15) is 0 Å². The molecule has 2 amide bonds. The highest BCUT2D eigenvalue weighted by Gasteiger charge is 2.36. The smallest absolute Gasteiger partial charge is 0.329 e. The molecule has 0 aromatic carbocycles. The first kappa shape index (κ1) is 14.8. The van der Waals surface area contributed by atoms with Crippen molar-refractivity contribution >= 4 is 12.0 Å². The van der Waals surface area contributed by atoms with E-state index in [0.717, 1.165) is 13.0 Å². The lowest BCUT2D eigenvalue weighted by molar-refractivity contribution is -0.146. The number of carbonyl (C=O) groups is 2. The highest BCUT2D eigenvalue weighted by molar-refractivity contribution is 5.85. The molecule has 0 aromatic heterocycles. The van der Waals surface area contributed by atoms with Crippen LogP contribution in [0.1, 0.15) is 27.2 Å². The van der Waals surface area contributed by atoms with Crippen LogP contribution >= 0.6 is 0 Å². The summed E-state index contributed by atoms with van der Waals surface area (Å²) in [7, 11) is 1.49. The van der Waals surface area contributed by atoms with Gasteiger partial charge in [0.1, 0.15) is 5.54 Å². The molecule has 0 radical (unpaired) electrons. The minimum absolute atomic E-state index is 0.0213. The van der Waals surface area contributed by atoms with E-state index < -0.39 is 11.5 Å². The summed E-state index contributed by atoms with van der Waals surface area (Å²) >= 11 is 0. The Bertz CT molecular complexity index is 324. The van der Waals surface area contributed by atoms with Gasteiger partial charge in [0.05, 0.1) is 6.61 Å². The summed E-state index contributed by atoms with van der Waals surface area (Å²) in [4.78, 5) is 24.2. The van der Waals surface area contributed by atoms with E-state index in [2.05, 4.69) is 5.32 Å². The molecule has 6 heteroatoms. The van der Waals surface area contributed by atoms with Crippen molar-refractivity contribution in [2.75, 3.05) is 20.3 Å². The fraction of sp³-hybridized carbons (Fsp3) is 0.833. The number of carbonyl (C=O) groups excluding carboxylic acids is 1. The van der Waals surface area contributed by atoms with Crippen LogP contribution in [0.4, 0.5) is 4.79 Å². The Labute approximate surface area is 107 Å².